The standard InChI is InChI=1S/C9H7Cl2NO2/c10-7-3-5-4(9(11)12-7)1-2-6(13)8(5)14/h1-3,6,8,13-14H/t6-,8+/m0/s1. The molecule has 0 saturated heterocycles. The highest BCUT2D eigenvalue weighted by Gasteiger charge is 2.24. The van der Waals surface area contributed by atoms with Gasteiger partial charge in [0.15, 0.2) is 0 Å². The summed E-state index contributed by atoms with van der Waals surface area (Å²) < 4.78 is 0. The van der Waals surface area contributed by atoms with Crippen LogP contribution in [0.25, 0.3) is 6.08 Å². The minimum absolute atomic E-state index is 0.204. The Morgan fingerprint density at radius 2 is 2.00 bits per heavy atom. The van der Waals surface area contributed by atoms with Gasteiger partial charge in [0.2, 0.25) is 0 Å². The molecule has 1 aromatic rings. The molecule has 14 heavy (non-hydrogen) atoms. The molecule has 1 aliphatic carbocycles. The third-order valence-corrected chi connectivity index (χ3v) is 2.60. The second-order valence-electron chi connectivity index (χ2n) is 3.03. The summed E-state index contributed by atoms with van der Waals surface area (Å²) in [6.45, 7) is 0. The Balaban J connectivity index is 2.62. The van der Waals surface area contributed by atoms with Gasteiger partial charge in [-0.3, -0.25) is 0 Å². The van der Waals surface area contributed by atoms with Gasteiger partial charge in [0, 0.05) is 5.56 Å². The van der Waals surface area contributed by atoms with Crippen LogP contribution in [0.5, 0.6) is 0 Å². The van der Waals surface area contributed by atoms with Crippen LogP contribution in [0.2, 0.25) is 10.3 Å². The van der Waals surface area contributed by atoms with E-state index in [-0.39, 0.29) is 10.3 Å². The van der Waals surface area contributed by atoms with Crippen LogP contribution in [0.1, 0.15) is 17.2 Å². The third kappa shape index (κ3) is 1.53. The van der Waals surface area contributed by atoms with Crippen LogP contribution in [-0.4, -0.2) is 21.3 Å². The maximum Gasteiger partial charge on any atom is 0.138 e. The summed E-state index contributed by atoms with van der Waals surface area (Å²) in [5, 5.41) is 19.4. The zero-order valence-corrected chi connectivity index (χ0v) is 8.50. The van der Waals surface area contributed by atoms with Crippen molar-refractivity contribution in [3.8, 4) is 0 Å². The topological polar surface area (TPSA) is 53.4 Å². The Hall–Kier alpha value is -0.610. The third-order valence-electron chi connectivity index (χ3n) is 2.12. The van der Waals surface area contributed by atoms with Gasteiger partial charge in [-0.1, -0.05) is 35.4 Å². The van der Waals surface area contributed by atoms with Crippen molar-refractivity contribution < 1.29 is 10.2 Å². The van der Waals surface area contributed by atoms with E-state index in [4.69, 9.17) is 23.2 Å². The van der Waals surface area contributed by atoms with E-state index in [0.717, 1.165) is 0 Å². The van der Waals surface area contributed by atoms with E-state index in [2.05, 4.69) is 4.98 Å². The van der Waals surface area contributed by atoms with Crippen LogP contribution in [0.3, 0.4) is 0 Å². The monoisotopic (exact) mass is 231 g/mol. The first-order chi connectivity index (χ1) is 6.59. The molecular weight excluding hydrogens is 225 g/mol. The Morgan fingerprint density at radius 3 is 2.71 bits per heavy atom. The molecule has 0 unspecified atom stereocenters. The minimum Gasteiger partial charge on any atom is -0.386 e. The number of hydrogen-bond donors (Lipinski definition) is 2. The molecule has 2 rings (SSSR count). The first-order valence-corrected chi connectivity index (χ1v) is 4.75. The molecule has 74 valence electrons. The van der Waals surface area contributed by atoms with Crippen LogP contribution >= 0.6 is 23.2 Å². The summed E-state index contributed by atoms with van der Waals surface area (Å²) in [5.41, 5.74) is 1.11. The summed E-state index contributed by atoms with van der Waals surface area (Å²) in [4.78, 5) is 3.83. The van der Waals surface area contributed by atoms with Crippen molar-refractivity contribution in [2.24, 2.45) is 0 Å². The molecule has 2 atom stereocenters. The summed E-state index contributed by atoms with van der Waals surface area (Å²) in [5.74, 6) is 0. The number of pyridine rings is 1. The van der Waals surface area contributed by atoms with Crippen molar-refractivity contribution in [2.75, 3.05) is 0 Å². The van der Waals surface area contributed by atoms with Gasteiger partial charge in [-0.05, 0) is 11.6 Å². The van der Waals surface area contributed by atoms with E-state index in [1.807, 2.05) is 0 Å². The Labute approximate surface area is 90.6 Å². The molecule has 0 aliphatic heterocycles. The Bertz CT molecular complexity index is 406. The molecule has 1 heterocycles. The van der Waals surface area contributed by atoms with Crippen molar-refractivity contribution in [2.45, 2.75) is 12.2 Å². The predicted octanol–water partition coefficient (Wildman–Crippen LogP) is 1.81. The quantitative estimate of drug-likeness (QED) is 0.670. The molecule has 2 N–H and O–H groups in total. The second kappa shape index (κ2) is 3.51. The average molecular weight is 232 g/mol. The van der Waals surface area contributed by atoms with Crippen LogP contribution in [0, 0.1) is 0 Å². The van der Waals surface area contributed by atoms with E-state index in [1.54, 1.807) is 6.08 Å². The number of halogens is 2. The summed E-state index contributed by atoms with van der Waals surface area (Å²) in [6, 6.07) is 1.50. The lowest BCUT2D eigenvalue weighted by Gasteiger charge is -2.22. The number of rotatable bonds is 0. The van der Waals surface area contributed by atoms with E-state index in [9.17, 15) is 10.2 Å². The number of nitrogens with zero attached hydrogens (tertiary/aromatic N) is 1. The molecule has 0 saturated carbocycles. The van der Waals surface area contributed by atoms with Crippen molar-refractivity contribution in [3.05, 3.63) is 33.6 Å². The number of aliphatic hydroxyl groups is 2. The molecule has 1 aliphatic rings. The van der Waals surface area contributed by atoms with Gasteiger partial charge >= 0.3 is 0 Å². The van der Waals surface area contributed by atoms with E-state index < -0.39 is 12.2 Å². The van der Waals surface area contributed by atoms with Gasteiger partial charge in [-0.15, -0.1) is 0 Å². The van der Waals surface area contributed by atoms with Gasteiger partial charge < -0.3 is 10.2 Å². The van der Waals surface area contributed by atoms with Crippen LogP contribution in [0.15, 0.2) is 12.1 Å². The van der Waals surface area contributed by atoms with Crippen molar-refractivity contribution in [1.82, 2.24) is 4.98 Å². The van der Waals surface area contributed by atoms with Crippen LogP contribution < -0.4 is 0 Å². The second-order valence-corrected chi connectivity index (χ2v) is 3.78. The molecular formula is C9H7Cl2NO2. The Morgan fingerprint density at radius 1 is 1.29 bits per heavy atom. The minimum atomic E-state index is -0.993. The molecule has 5 heteroatoms. The number of aliphatic hydroxyl groups excluding tert-OH is 2. The lowest BCUT2D eigenvalue weighted by Crippen LogP contribution is -2.19. The van der Waals surface area contributed by atoms with Crippen molar-refractivity contribution >= 4 is 29.3 Å². The number of aromatic nitrogens is 1. The van der Waals surface area contributed by atoms with Crippen molar-refractivity contribution in [1.29, 1.82) is 0 Å². The van der Waals surface area contributed by atoms with Gasteiger partial charge in [0.25, 0.3) is 0 Å². The maximum absolute atomic E-state index is 9.63. The molecule has 0 radical (unpaired) electrons. The van der Waals surface area contributed by atoms with E-state index >= 15 is 0 Å². The largest absolute Gasteiger partial charge is 0.386 e. The molecule has 0 aromatic carbocycles. The molecule has 3 nitrogen and oxygen atoms in total. The normalized spacial score (nSPS) is 24.9. The number of hydrogen-bond acceptors (Lipinski definition) is 3. The van der Waals surface area contributed by atoms with Crippen LogP contribution in [-0.2, 0) is 0 Å². The summed E-state index contributed by atoms with van der Waals surface area (Å²) >= 11 is 11.5. The highest BCUT2D eigenvalue weighted by atomic mass is 35.5. The van der Waals surface area contributed by atoms with Gasteiger partial charge in [-0.2, -0.15) is 0 Å². The molecule has 0 fully saturated rings. The summed E-state index contributed by atoms with van der Waals surface area (Å²) in [7, 11) is 0. The van der Waals surface area contributed by atoms with Gasteiger partial charge in [0.05, 0.1) is 0 Å². The molecule has 0 spiro atoms. The molecule has 1 aromatic heterocycles. The lowest BCUT2D eigenvalue weighted by molar-refractivity contribution is 0.0469. The zero-order valence-electron chi connectivity index (χ0n) is 6.98. The fraction of sp³-hybridized carbons (Fsp3) is 0.222. The Kier molecular flexibility index (Phi) is 2.49. The smallest absolute Gasteiger partial charge is 0.138 e. The first-order valence-electron chi connectivity index (χ1n) is 4.00. The molecule has 0 bridgehead atoms. The van der Waals surface area contributed by atoms with Crippen molar-refractivity contribution in [3.63, 3.8) is 0 Å². The zero-order chi connectivity index (χ0) is 10.3. The highest BCUT2D eigenvalue weighted by Crippen LogP contribution is 2.33. The number of fused-ring (bicyclic) bond motifs is 1. The highest BCUT2D eigenvalue weighted by molar-refractivity contribution is 6.33. The predicted molar refractivity (Wildman–Crippen MR) is 54.3 cm³/mol. The van der Waals surface area contributed by atoms with Gasteiger partial charge in [0.1, 0.15) is 22.5 Å². The SMILES string of the molecule is O[C@@H]1c2cc(Cl)nc(Cl)c2C=C[C@@H]1O. The average Bonchev–Trinajstić information content (AvgIpc) is 2.12. The summed E-state index contributed by atoms with van der Waals surface area (Å²) in [6.07, 6.45) is 1.18. The molecule has 0 amide bonds. The lowest BCUT2D eigenvalue weighted by atomic mass is 9.95. The van der Waals surface area contributed by atoms with E-state index in [0.29, 0.717) is 11.1 Å². The van der Waals surface area contributed by atoms with E-state index in [1.165, 1.54) is 12.1 Å². The van der Waals surface area contributed by atoms with Crippen LogP contribution in [0.4, 0.5) is 0 Å². The fourth-order valence-corrected chi connectivity index (χ4v) is 1.91. The van der Waals surface area contributed by atoms with Gasteiger partial charge in [-0.25, -0.2) is 4.98 Å². The maximum atomic E-state index is 9.63. The first kappa shape index (κ1) is 9.93. The fourth-order valence-electron chi connectivity index (χ4n) is 1.41.